The highest BCUT2D eigenvalue weighted by Crippen LogP contribution is 2.20. The average molecular weight is 298 g/mol. The van der Waals surface area contributed by atoms with Crippen molar-refractivity contribution in [2.24, 2.45) is 20.0 Å². The molecule has 0 amide bonds. The molecular formula is C12H18N4OS2. The number of nitrogens with zero attached hydrogens (tertiary/aromatic N) is 3. The molecule has 104 valence electrons. The number of imidazole rings is 1. The van der Waals surface area contributed by atoms with E-state index >= 15 is 0 Å². The number of H-pyrrole nitrogens is 1. The van der Waals surface area contributed by atoms with Crippen molar-refractivity contribution >= 4 is 35.1 Å². The average Bonchev–Trinajstić information content (AvgIpc) is 2.77. The molecule has 0 atom stereocenters. The van der Waals surface area contributed by atoms with Crippen LogP contribution in [0.15, 0.2) is 9.95 Å². The number of thioether (sulfide) groups is 1. The van der Waals surface area contributed by atoms with E-state index in [4.69, 9.17) is 12.2 Å². The fourth-order valence-electron chi connectivity index (χ4n) is 1.76. The molecule has 0 fully saturated rings. The van der Waals surface area contributed by atoms with Gasteiger partial charge in [-0.05, 0) is 12.3 Å². The first-order chi connectivity index (χ1) is 8.91. The molecule has 0 saturated heterocycles. The molecule has 0 aliphatic carbocycles. The van der Waals surface area contributed by atoms with Crippen LogP contribution in [0.25, 0.3) is 11.2 Å². The first kappa shape index (κ1) is 14.3. The molecule has 2 heterocycles. The Balaban J connectivity index is 2.41. The van der Waals surface area contributed by atoms with Crippen LogP contribution in [0.3, 0.4) is 0 Å². The summed E-state index contributed by atoms with van der Waals surface area (Å²) in [5.74, 6) is 1.68. The van der Waals surface area contributed by atoms with Gasteiger partial charge in [-0.25, -0.2) is 9.78 Å². The standard InChI is InChI=1S/C12H18N4OS2/c1-7(2)5-6-19-11-13-8-9(14-11)15(3)12(17)16(4)10(8)18/h7H,5-6H2,1-4H3,(H,13,14). The number of fused-ring (bicyclic) bond motifs is 1. The Bertz CT molecular complexity index is 711. The first-order valence-electron chi connectivity index (χ1n) is 6.20. The third-order valence-corrected chi connectivity index (χ3v) is 4.39. The SMILES string of the molecule is CC(C)CCSc1nc2c([nH]1)c(=S)n(C)c(=O)n2C. The molecule has 2 rings (SSSR count). The second-order valence-corrected chi connectivity index (χ2v) is 6.45. The zero-order valence-electron chi connectivity index (χ0n) is 11.6. The third kappa shape index (κ3) is 2.76. The molecule has 0 unspecified atom stereocenters. The van der Waals surface area contributed by atoms with Crippen molar-refractivity contribution in [2.75, 3.05) is 5.75 Å². The molecule has 0 aromatic carbocycles. The maximum absolute atomic E-state index is 11.9. The second-order valence-electron chi connectivity index (χ2n) is 4.98. The normalized spacial score (nSPS) is 11.6. The van der Waals surface area contributed by atoms with Gasteiger partial charge in [0.15, 0.2) is 10.8 Å². The molecular weight excluding hydrogens is 280 g/mol. The molecule has 7 heteroatoms. The van der Waals surface area contributed by atoms with E-state index in [-0.39, 0.29) is 5.69 Å². The van der Waals surface area contributed by atoms with Crippen molar-refractivity contribution in [3.05, 3.63) is 15.1 Å². The molecule has 0 radical (unpaired) electrons. The molecule has 0 aliphatic heterocycles. The van der Waals surface area contributed by atoms with Crippen LogP contribution < -0.4 is 5.69 Å². The highest BCUT2D eigenvalue weighted by Gasteiger charge is 2.11. The monoisotopic (exact) mass is 298 g/mol. The number of aromatic nitrogens is 4. The van der Waals surface area contributed by atoms with E-state index < -0.39 is 0 Å². The van der Waals surface area contributed by atoms with Crippen LogP contribution in [-0.2, 0) is 14.1 Å². The zero-order valence-corrected chi connectivity index (χ0v) is 13.2. The molecule has 19 heavy (non-hydrogen) atoms. The Morgan fingerprint density at radius 3 is 2.68 bits per heavy atom. The Morgan fingerprint density at radius 1 is 1.37 bits per heavy atom. The summed E-state index contributed by atoms with van der Waals surface area (Å²) in [5, 5.41) is 0.822. The van der Waals surface area contributed by atoms with Crippen LogP contribution >= 0.6 is 24.0 Å². The van der Waals surface area contributed by atoms with Crippen molar-refractivity contribution in [2.45, 2.75) is 25.4 Å². The van der Waals surface area contributed by atoms with Crippen molar-refractivity contribution < 1.29 is 0 Å². The molecule has 2 aromatic rings. The van der Waals surface area contributed by atoms with Gasteiger partial charge in [0, 0.05) is 19.8 Å². The van der Waals surface area contributed by atoms with Gasteiger partial charge in [-0.3, -0.25) is 9.13 Å². The third-order valence-electron chi connectivity index (χ3n) is 3.01. The van der Waals surface area contributed by atoms with E-state index in [2.05, 4.69) is 23.8 Å². The molecule has 5 nitrogen and oxygen atoms in total. The van der Waals surface area contributed by atoms with Gasteiger partial charge in [-0.2, -0.15) is 0 Å². The minimum Gasteiger partial charge on any atom is -0.329 e. The first-order valence-corrected chi connectivity index (χ1v) is 7.59. The number of nitrogens with one attached hydrogen (secondary N) is 1. The van der Waals surface area contributed by atoms with Gasteiger partial charge in [0.25, 0.3) is 0 Å². The van der Waals surface area contributed by atoms with Gasteiger partial charge in [-0.15, -0.1) is 0 Å². The maximum Gasteiger partial charge on any atom is 0.330 e. The topological polar surface area (TPSA) is 55.6 Å². The van der Waals surface area contributed by atoms with Gasteiger partial charge >= 0.3 is 5.69 Å². The summed E-state index contributed by atoms with van der Waals surface area (Å²) < 4.78 is 3.48. The Hall–Kier alpha value is -1.08. The fraction of sp³-hybridized carbons (Fsp3) is 0.583. The Kier molecular flexibility index (Phi) is 4.15. The van der Waals surface area contributed by atoms with E-state index in [1.54, 1.807) is 25.9 Å². The van der Waals surface area contributed by atoms with Crippen LogP contribution in [0.4, 0.5) is 0 Å². The van der Waals surface area contributed by atoms with Crippen LogP contribution in [-0.4, -0.2) is 24.9 Å². The summed E-state index contributed by atoms with van der Waals surface area (Å²) in [6, 6.07) is 0. The second kappa shape index (κ2) is 5.50. The molecule has 0 spiro atoms. The van der Waals surface area contributed by atoms with Crippen LogP contribution in [0, 0.1) is 10.6 Å². The van der Waals surface area contributed by atoms with E-state index in [0.717, 1.165) is 22.8 Å². The number of rotatable bonds is 4. The lowest BCUT2D eigenvalue weighted by Crippen LogP contribution is -2.27. The largest absolute Gasteiger partial charge is 0.330 e. The summed E-state index contributed by atoms with van der Waals surface area (Å²) in [6.45, 7) is 4.40. The predicted molar refractivity (Wildman–Crippen MR) is 81.3 cm³/mol. The highest BCUT2D eigenvalue weighted by atomic mass is 32.2. The van der Waals surface area contributed by atoms with Crippen LogP contribution in [0.1, 0.15) is 20.3 Å². The lowest BCUT2D eigenvalue weighted by Gasteiger charge is -2.02. The minimum absolute atomic E-state index is 0.150. The summed E-state index contributed by atoms with van der Waals surface area (Å²) in [6.07, 6.45) is 1.13. The van der Waals surface area contributed by atoms with Gasteiger partial charge in [0.1, 0.15) is 10.2 Å². The smallest absolute Gasteiger partial charge is 0.329 e. The van der Waals surface area contributed by atoms with Crippen molar-refractivity contribution in [3.8, 4) is 0 Å². The van der Waals surface area contributed by atoms with E-state index in [1.165, 1.54) is 9.13 Å². The van der Waals surface area contributed by atoms with Crippen molar-refractivity contribution in [3.63, 3.8) is 0 Å². The summed E-state index contributed by atoms with van der Waals surface area (Å²) in [4.78, 5) is 19.6. The maximum atomic E-state index is 11.9. The zero-order chi connectivity index (χ0) is 14.2. The quantitative estimate of drug-likeness (QED) is 0.696. The molecule has 2 aromatic heterocycles. The fourth-order valence-corrected chi connectivity index (χ4v) is 3.09. The molecule has 0 aliphatic rings. The Morgan fingerprint density at radius 2 is 2.05 bits per heavy atom. The molecule has 0 bridgehead atoms. The van der Waals surface area contributed by atoms with Gasteiger partial charge in [0.2, 0.25) is 0 Å². The van der Waals surface area contributed by atoms with Crippen molar-refractivity contribution in [1.82, 2.24) is 19.1 Å². The molecule has 1 N–H and O–H groups in total. The highest BCUT2D eigenvalue weighted by molar-refractivity contribution is 7.99. The van der Waals surface area contributed by atoms with Gasteiger partial charge in [0.05, 0.1) is 0 Å². The van der Waals surface area contributed by atoms with Crippen LogP contribution in [0.5, 0.6) is 0 Å². The number of aromatic amines is 1. The summed E-state index contributed by atoms with van der Waals surface area (Å²) in [5.41, 5.74) is 1.23. The van der Waals surface area contributed by atoms with E-state index in [9.17, 15) is 4.79 Å². The number of hydrogen-bond donors (Lipinski definition) is 1. The van der Waals surface area contributed by atoms with Crippen molar-refractivity contribution in [1.29, 1.82) is 0 Å². The van der Waals surface area contributed by atoms with Crippen LogP contribution in [0.2, 0.25) is 0 Å². The minimum atomic E-state index is -0.150. The Labute approximate surface area is 121 Å². The lowest BCUT2D eigenvalue weighted by molar-refractivity contribution is 0.631. The number of hydrogen-bond acceptors (Lipinski definition) is 4. The van der Waals surface area contributed by atoms with Gasteiger partial charge in [-0.1, -0.05) is 37.8 Å². The van der Waals surface area contributed by atoms with E-state index in [0.29, 0.717) is 16.2 Å². The number of aryl methyl sites for hydroxylation is 1. The molecule has 0 saturated carbocycles. The summed E-state index contributed by atoms with van der Waals surface area (Å²) in [7, 11) is 3.39. The summed E-state index contributed by atoms with van der Waals surface area (Å²) >= 11 is 6.94. The van der Waals surface area contributed by atoms with E-state index in [1.807, 2.05) is 0 Å². The predicted octanol–water partition coefficient (Wildman–Crippen LogP) is 2.47. The van der Waals surface area contributed by atoms with Gasteiger partial charge < -0.3 is 4.98 Å². The lowest BCUT2D eigenvalue weighted by atomic mass is 10.2.